The first kappa shape index (κ1) is 6.40. The van der Waals surface area contributed by atoms with E-state index in [1.54, 1.807) is 6.08 Å². The lowest BCUT2D eigenvalue weighted by Crippen LogP contribution is -2.00. The minimum atomic E-state index is 0.295. The third-order valence-corrected chi connectivity index (χ3v) is 2.03. The first-order chi connectivity index (χ1) is 5.31. The maximum atomic E-state index is 11.0. The van der Waals surface area contributed by atoms with Gasteiger partial charge in [0.15, 0.2) is 5.78 Å². The highest BCUT2D eigenvalue weighted by atomic mass is 16.1. The fourth-order valence-corrected chi connectivity index (χ4v) is 1.49. The summed E-state index contributed by atoms with van der Waals surface area (Å²) in [6.07, 6.45) is 2.37. The Labute approximate surface area is 65.1 Å². The van der Waals surface area contributed by atoms with Gasteiger partial charge in [0.25, 0.3) is 0 Å². The van der Waals surface area contributed by atoms with Crippen LogP contribution in [-0.2, 0) is 17.8 Å². The quantitative estimate of drug-likeness (QED) is 0.586. The lowest BCUT2D eigenvalue weighted by atomic mass is 10.3. The van der Waals surface area contributed by atoms with Crippen molar-refractivity contribution in [1.29, 1.82) is 0 Å². The third kappa shape index (κ3) is 0.827. The van der Waals surface area contributed by atoms with Gasteiger partial charge in [-0.05, 0) is 18.2 Å². The molecule has 1 aliphatic rings. The van der Waals surface area contributed by atoms with Gasteiger partial charge in [-0.1, -0.05) is 6.58 Å². The van der Waals surface area contributed by atoms with Crippen LogP contribution in [0.4, 0.5) is 0 Å². The molecule has 0 fully saturated rings. The van der Waals surface area contributed by atoms with E-state index in [1.807, 2.05) is 16.7 Å². The van der Waals surface area contributed by atoms with Gasteiger partial charge in [-0.25, -0.2) is 0 Å². The van der Waals surface area contributed by atoms with Crippen molar-refractivity contribution in [3.8, 4) is 0 Å². The number of rotatable bonds is 1. The van der Waals surface area contributed by atoms with Crippen molar-refractivity contribution in [2.45, 2.75) is 13.0 Å². The van der Waals surface area contributed by atoms with Crippen LogP contribution in [0.5, 0.6) is 0 Å². The summed E-state index contributed by atoms with van der Waals surface area (Å²) in [5, 5.41) is 0. The standard InChI is InChI=1S/C9H9NO/c1-2-7-3-4-8-5-9(11)6-10(7)8/h2-4H,1,5-6H2. The Hall–Kier alpha value is -1.31. The van der Waals surface area contributed by atoms with Crippen LogP contribution in [-0.4, -0.2) is 10.4 Å². The van der Waals surface area contributed by atoms with Crippen LogP contribution >= 0.6 is 0 Å². The number of aromatic nitrogens is 1. The number of ketones is 1. The van der Waals surface area contributed by atoms with Crippen LogP contribution in [0.1, 0.15) is 11.4 Å². The molecule has 0 amide bonds. The van der Waals surface area contributed by atoms with Crippen LogP contribution in [0.2, 0.25) is 0 Å². The molecule has 0 radical (unpaired) electrons. The highest BCUT2D eigenvalue weighted by molar-refractivity contribution is 5.83. The summed E-state index contributed by atoms with van der Waals surface area (Å²) < 4.78 is 2.01. The van der Waals surface area contributed by atoms with E-state index in [0.29, 0.717) is 18.7 Å². The molecule has 0 bridgehead atoms. The number of carbonyl (C=O) groups excluding carboxylic acids is 1. The molecule has 0 atom stereocenters. The maximum absolute atomic E-state index is 11.0. The Balaban J connectivity index is 2.51. The van der Waals surface area contributed by atoms with Crippen molar-refractivity contribution in [2.75, 3.05) is 0 Å². The summed E-state index contributed by atoms with van der Waals surface area (Å²) in [5.41, 5.74) is 2.16. The molecule has 0 N–H and O–H groups in total. The minimum Gasteiger partial charge on any atom is -0.337 e. The van der Waals surface area contributed by atoms with Gasteiger partial charge in [-0.2, -0.15) is 0 Å². The van der Waals surface area contributed by atoms with Gasteiger partial charge in [0.05, 0.1) is 6.54 Å². The molecule has 1 aromatic heterocycles. The minimum absolute atomic E-state index is 0.295. The number of carbonyl (C=O) groups is 1. The summed E-state index contributed by atoms with van der Waals surface area (Å²) in [7, 11) is 0. The van der Waals surface area contributed by atoms with Crippen molar-refractivity contribution in [3.05, 3.63) is 30.1 Å². The van der Waals surface area contributed by atoms with E-state index < -0.39 is 0 Å². The summed E-state index contributed by atoms with van der Waals surface area (Å²) in [6, 6.07) is 3.98. The summed E-state index contributed by atoms with van der Waals surface area (Å²) in [6.45, 7) is 4.20. The highest BCUT2D eigenvalue weighted by Gasteiger charge is 2.18. The average molecular weight is 147 g/mol. The molecule has 1 aromatic rings. The fourth-order valence-electron chi connectivity index (χ4n) is 1.49. The number of hydrogen-bond acceptors (Lipinski definition) is 1. The average Bonchev–Trinajstić information content (AvgIpc) is 2.45. The maximum Gasteiger partial charge on any atom is 0.158 e. The summed E-state index contributed by atoms with van der Waals surface area (Å²) >= 11 is 0. The SMILES string of the molecule is C=Cc1ccc2n1CC(=O)C2. The van der Waals surface area contributed by atoms with Gasteiger partial charge in [-0.3, -0.25) is 4.79 Å². The monoisotopic (exact) mass is 147 g/mol. The molecular formula is C9H9NO. The smallest absolute Gasteiger partial charge is 0.158 e. The molecule has 0 aromatic carbocycles. The molecule has 2 heterocycles. The van der Waals surface area contributed by atoms with Gasteiger partial charge in [-0.15, -0.1) is 0 Å². The predicted octanol–water partition coefficient (Wildman–Crippen LogP) is 1.26. The second-order valence-corrected chi connectivity index (χ2v) is 2.76. The topological polar surface area (TPSA) is 22.0 Å². The van der Waals surface area contributed by atoms with Gasteiger partial charge in [0, 0.05) is 17.8 Å². The van der Waals surface area contributed by atoms with E-state index in [9.17, 15) is 4.79 Å². The second kappa shape index (κ2) is 2.09. The van der Waals surface area contributed by atoms with Crippen molar-refractivity contribution in [1.82, 2.24) is 4.57 Å². The zero-order valence-electron chi connectivity index (χ0n) is 6.21. The third-order valence-electron chi connectivity index (χ3n) is 2.03. The summed E-state index contributed by atoms with van der Waals surface area (Å²) in [4.78, 5) is 11.0. The largest absolute Gasteiger partial charge is 0.337 e. The van der Waals surface area contributed by atoms with Crippen molar-refractivity contribution in [2.24, 2.45) is 0 Å². The highest BCUT2D eigenvalue weighted by Crippen LogP contribution is 2.17. The van der Waals surface area contributed by atoms with Gasteiger partial charge >= 0.3 is 0 Å². The molecule has 0 aliphatic carbocycles. The van der Waals surface area contributed by atoms with E-state index in [0.717, 1.165) is 11.4 Å². The lowest BCUT2D eigenvalue weighted by Gasteiger charge is -1.97. The van der Waals surface area contributed by atoms with E-state index in [4.69, 9.17) is 0 Å². The van der Waals surface area contributed by atoms with E-state index in [2.05, 4.69) is 6.58 Å². The molecule has 0 saturated heterocycles. The predicted molar refractivity (Wildman–Crippen MR) is 43.2 cm³/mol. The molecular weight excluding hydrogens is 138 g/mol. The summed E-state index contributed by atoms with van der Waals surface area (Å²) in [5.74, 6) is 0.295. The first-order valence-corrected chi connectivity index (χ1v) is 3.64. The molecule has 2 heteroatoms. The zero-order chi connectivity index (χ0) is 7.84. The Bertz CT molecular complexity index is 322. The van der Waals surface area contributed by atoms with Gasteiger partial charge in [0.2, 0.25) is 0 Å². The Morgan fingerprint density at radius 1 is 1.55 bits per heavy atom. The van der Waals surface area contributed by atoms with E-state index >= 15 is 0 Å². The molecule has 0 saturated carbocycles. The molecule has 56 valence electrons. The molecule has 1 aliphatic heterocycles. The first-order valence-electron chi connectivity index (χ1n) is 3.64. The zero-order valence-corrected chi connectivity index (χ0v) is 6.21. The van der Waals surface area contributed by atoms with Crippen LogP contribution in [0.3, 0.4) is 0 Å². The van der Waals surface area contributed by atoms with E-state index in [1.165, 1.54) is 0 Å². The second-order valence-electron chi connectivity index (χ2n) is 2.76. The number of hydrogen-bond donors (Lipinski definition) is 0. The molecule has 11 heavy (non-hydrogen) atoms. The van der Waals surface area contributed by atoms with Crippen LogP contribution in [0.15, 0.2) is 18.7 Å². The molecule has 0 unspecified atom stereocenters. The van der Waals surface area contributed by atoms with Crippen LogP contribution in [0.25, 0.3) is 6.08 Å². The number of fused-ring (bicyclic) bond motifs is 1. The molecule has 2 nitrogen and oxygen atoms in total. The number of Topliss-reactive ketones (excluding diaryl/α,β-unsaturated/α-hetero) is 1. The lowest BCUT2D eigenvalue weighted by molar-refractivity contribution is -0.117. The Kier molecular flexibility index (Phi) is 1.22. The Morgan fingerprint density at radius 2 is 2.36 bits per heavy atom. The van der Waals surface area contributed by atoms with Crippen molar-refractivity contribution < 1.29 is 4.79 Å². The number of nitrogens with zero attached hydrogens (tertiary/aromatic N) is 1. The fraction of sp³-hybridized carbons (Fsp3) is 0.222. The van der Waals surface area contributed by atoms with Crippen molar-refractivity contribution in [3.63, 3.8) is 0 Å². The molecule has 0 spiro atoms. The normalized spacial score (nSPS) is 15.1. The Morgan fingerprint density at radius 3 is 3.09 bits per heavy atom. The van der Waals surface area contributed by atoms with Gasteiger partial charge in [0.1, 0.15) is 0 Å². The van der Waals surface area contributed by atoms with Gasteiger partial charge < -0.3 is 4.57 Å². The van der Waals surface area contributed by atoms with E-state index in [-0.39, 0.29) is 0 Å². The van der Waals surface area contributed by atoms with Crippen molar-refractivity contribution >= 4 is 11.9 Å². The van der Waals surface area contributed by atoms with Crippen LogP contribution in [0, 0.1) is 0 Å². The van der Waals surface area contributed by atoms with Crippen LogP contribution < -0.4 is 0 Å². The molecule has 2 rings (SSSR count).